The smallest absolute Gasteiger partial charge is 0.790 e. The van der Waals surface area contributed by atoms with Crippen LogP contribution in [0.2, 0.25) is 0 Å². The first-order chi connectivity index (χ1) is 12.6. The van der Waals surface area contributed by atoms with Gasteiger partial charge >= 0.3 is 118 Å². The third-order valence-electron chi connectivity index (χ3n) is 3.75. The Hall–Kier alpha value is 2.49. The molecule has 33 heavy (non-hydrogen) atoms. The van der Waals surface area contributed by atoms with Gasteiger partial charge in [-0.25, -0.2) is 15.0 Å². The number of fused-ring (bicyclic) bond motifs is 1. The van der Waals surface area contributed by atoms with Crippen molar-refractivity contribution < 1.29 is 166 Å². The van der Waals surface area contributed by atoms with Gasteiger partial charge in [-0.2, -0.15) is 0 Å². The molecule has 2 aromatic rings. The van der Waals surface area contributed by atoms with E-state index in [1.165, 1.54) is 17.2 Å². The molecule has 21 heteroatoms. The quantitative estimate of drug-likeness (QED) is 0.250. The molecule has 3 N–H and O–H groups in total. The van der Waals surface area contributed by atoms with E-state index in [2.05, 4.69) is 29.3 Å². The molecule has 0 aliphatic carbocycles. The number of imidazole rings is 1. The summed E-state index contributed by atoms with van der Waals surface area (Å²) >= 11 is 0. The van der Waals surface area contributed by atoms with Crippen molar-refractivity contribution in [2.75, 3.05) is 19.0 Å². The monoisotopic (exact) mass is 547 g/mol. The summed E-state index contributed by atoms with van der Waals surface area (Å²) in [5.74, 6) is 0.437. The zero-order valence-corrected chi connectivity index (χ0v) is 27.9. The Balaban J connectivity index is -0.000000701. The number of ether oxygens (including phenoxy) is 1. The first kappa shape index (κ1) is 42.6. The summed E-state index contributed by atoms with van der Waals surface area (Å²) in [6.45, 7) is -0.811. The van der Waals surface area contributed by atoms with Crippen LogP contribution in [0.4, 0.5) is 5.82 Å². The van der Waals surface area contributed by atoms with Crippen molar-refractivity contribution in [3.8, 4) is 0 Å². The number of nitrogens with zero attached hydrogens (tertiary/aromatic N) is 4. The average molecular weight is 547 g/mol. The number of hydrogen-bond donors (Lipinski definition) is 1. The molecule has 0 bridgehead atoms. The molecule has 3 atom stereocenters. The van der Waals surface area contributed by atoms with Crippen LogP contribution >= 0.6 is 15.6 Å². The predicted molar refractivity (Wildman–Crippen MR) is 89.8 cm³/mol. The van der Waals surface area contributed by atoms with Crippen LogP contribution in [0.15, 0.2) is 12.7 Å². The summed E-state index contributed by atoms with van der Waals surface area (Å²) in [4.78, 5) is 55.5. The average Bonchev–Trinajstić information content (AvgIpc) is 3.14. The van der Waals surface area contributed by atoms with Crippen LogP contribution in [0.5, 0.6) is 0 Å². The molecule has 0 amide bonds. The van der Waals surface area contributed by atoms with Gasteiger partial charge in [-0.15, -0.1) is 0 Å². The zero-order valence-electron chi connectivity index (χ0n) is 18.2. The molecule has 1 aliphatic rings. The van der Waals surface area contributed by atoms with Gasteiger partial charge in [0.05, 0.1) is 34.7 Å². The maximum absolute atomic E-state index is 11.0. The minimum atomic E-state index is -5.40. The second-order valence-corrected chi connectivity index (χ2v) is 7.75. The van der Waals surface area contributed by atoms with Gasteiger partial charge in [0, 0.05) is 13.5 Å². The molecule has 3 rings (SSSR count). The van der Waals surface area contributed by atoms with Crippen molar-refractivity contribution in [3.05, 3.63) is 12.7 Å². The van der Waals surface area contributed by atoms with E-state index in [4.69, 9.17) is 4.74 Å². The molecule has 0 radical (unpaired) electrons. The number of anilines is 1. The molecule has 3 heterocycles. The molecule has 166 valence electrons. The van der Waals surface area contributed by atoms with Gasteiger partial charge in [-0.3, -0.25) is 4.57 Å². The number of nitrogens with one attached hydrogen (secondary N) is 1. The molecule has 0 aromatic carbocycles. The molecule has 0 spiro atoms. The van der Waals surface area contributed by atoms with Crippen molar-refractivity contribution in [2.24, 2.45) is 0 Å². The Labute approximate surface area is 278 Å². The molecule has 1 fully saturated rings. The molecule has 2 aromatic heterocycles. The normalized spacial score (nSPS) is 19.5. The Morgan fingerprint density at radius 1 is 1.12 bits per heavy atom. The molecule has 0 unspecified atom stereocenters. The summed E-state index contributed by atoms with van der Waals surface area (Å²) < 4.78 is 37.2. The van der Waals surface area contributed by atoms with E-state index in [-0.39, 0.29) is 138 Å². The Bertz CT molecular complexity index is 931. The number of phosphoric acid groups is 2. The van der Waals surface area contributed by atoms with E-state index in [1.54, 1.807) is 7.05 Å². The van der Waals surface area contributed by atoms with E-state index in [1.807, 2.05) is 0 Å². The van der Waals surface area contributed by atoms with Crippen molar-refractivity contribution >= 4 is 32.6 Å². The standard InChI is InChI=1S/C11H17N5O9P2.CH4.4Na.H2O/c1-12-10-9-11(14-4-13-10)16(5-15-9)8-2-6(25-27(20,21)22)7(24-8)3-23-26(17,18)19;;;;;;/h4-8H,2-3H2,1H3,(H,12,13,14)(H2,17,18,19)(H2,20,21,22);1H4;;;;;1H2/q;;4*+1;/p-4/t6-,7+,8+;;;;;;/m0....../s1. The van der Waals surface area contributed by atoms with Gasteiger partial charge in [0.25, 0.3) is 0 Å². The summed E-state index contributed by atoms with van der Waals surface area (Å²) in [5, 5.41) is 2.83. The molecular formula is C12H19N5Na4O10P2. The van der Waals surface area contributed by atoms with Gasteiger partial charge in [0.15, 0.2) is 11.5 Å². The second-order valence-electron chi connectivity index (χ2n) is 5.50. The second kappa shape index (κ2) is 17.9. The van der Waals surface area contributed by atoms with Crippen molar-refractivity contribution in [2.45, 2.75) is 32.3 Å². The fourth-order valence-electron chi connectivity index (χ4n) is 2.71. The van der Waals surface area contributed by atoms with E-state index in [0.717, 1.165) is 0 Å². The van der Waals surface area contributed by atoms with Gasteiger partial charge in [-0.05, 0) is 0 Å². The minimum absolute atomic E-state index is 0. The van der Waals surface area contributed by atoms with E-state index < -0.39 is 40.7 Å². The van der Waals surface area contributed by atoms with Crippen LogP contribution in [0, 0.1) is 0 Å². The number of phosphoric ester groups is 2. The van der Waals surface area contributed by atoms with Crippen LogP contribution in [0.3, 0.4) is 0 Å². The minimum Gasteiger partial charge on any atom is -0.790 e. The summed E-state index contributed by atoms with van der Waals surface area (Å²) in [6, 6.07) is 0. The molecule has 1 saturated heterocycles. The maximum atomic E-state index is 11.0. The van der Waals surface area contributed by atoms with E-state index in [0.29, 0.717) is 17.0 Å². The molecule has 15 nitrogen and oxygen atoms in total. The Morgan fingerprint density at radius 3 is 2.24 bits per heavy atom. The van der Waals surface area contributed by atoms with Crippen molar-refractivity contribution in [1.82, 2.24) is 19.5 Å². The molecule has 1 aliphatic heterocycles. The number of aromatic nitrogens is 4. The fraction of sp³-hybridized carbons (Fsp3) is 0.583. The van der Waals surface area contributed by atoms with Gasteiger partial charge in [-0.1, -0.05) is 7.43 Å². The van der Waals surface area contributed by atoms with E-state index >= 15 is 0 Å². The van der Waals surface area contributed by atoms with Gasteiger partial charge < -0.3 is 53.3 Å². The topological polar surface area (TPSA) is 241 Å². The van der Waals surface area contributed by atoms with Crippen molar-refractivity contribution in [1.29, 1.82) is 0 Å². The summed E-state index contributed by atoms with van der Waals surface area (Å²) in [5.41, 5.74) is 0.744. The van der Waals surface area contributed by atoms with Crippen LogP contribution in [0.1, 0.15) is 20.1 Å². The number of rotatable bonds is 7. The third kappa shape index (κ3) is 12.3. The van der Waals surface area contributed by atoms with Crippen LogP contribution in [-0.4, -0.2) is 50.9 Å². The third-order valence-corrected chi connectivity index (χ3v) is 4.74. The maximum Gasteiger partial charge on any atom is 1.00 e. The molecular weight excluding hydrogens is 528 g/mol. The predicted octanol–water partition coefficient (Wildman–Crippen LogP) is -15.0. The Kier molecular flexibility index (Phi) is 23.1. The van der Waals surface area contributed by atoms with E-state index in [9.17, 15) is 28.7 Å². The SMILES string of the molecule is C.CNc1ncnc2c1ncn2[C@H]1C[C@H](OP(=O)([O-])[O-])[C@@H](COP(=O)([O-])[O-])O1.O.[Na+].[Na+].[Na+].[Na+]. The first-order valence-corrected chi connectivity index (χ1v) is 10.4. The number of hydrogen-bond acceptors (Lipinski definition) is 13. The van der Waals surface area contributed by atoms with Crippen molar-refractivity contribution in [3.63, 3.8) is 0 Å². The Morgan fingerprint density at radius 2 is 1.73 bits per heavy atom. The van der Waals surface area contributed by atoms with Gasteiger partial charge in [0.1, 0.15) is 24.2 Å². The fourth-order valence-corrected chi connectivity index (χ4v) is 3.59. The summed E-state index contributed by atoms with van der Waals surface area (Å²) in [6.07, 6.45) is -1.10. The van der Waals surface area contributed by atoms with Crippen LogP contribution < -0.4 is 143 Å². The molecule has 0 saturated carbocycles. The first-order valence-electron chi connectivity index (χ1n) is 7.45. The largest absolute Gasteiger partial charge is 1.00 e. The van der Waals surface area contributed by atoms with Crippen LogP contribution in [0.25, 0.3) is 11.2 Å². The zero-order chi connectivity index (χ0) is 19.8. The summed E-state index contributed by atoms with van der Waals surface area (Å²) in [7, 11) is -9.10. The van der Waals surface area contributed by atoms with Gasteiger partial charge in [0.2, 0.25) is 0 Å². The van der Waals surface area contributed by atoms with Crippen LogP contribution in [-0.2, 0) is 22.9 Å².